The summed E-state index contributed by atoms with van der Waals surface area (Å²) in [4.78, 5) is 23.3. The van der Waals surface area contributed by atoms with Crippen LogP contribution in [0, 0.1) is 13.8 Å². The number of para-hydroxylation sites is 1. The van der Waals surface area contributed by atoms with Crippen LogP contribution in [0.1, 0.15) is 28.8 Å². The van der Waals surface area contributed by atoms with Gasteiger partial charge in [-0.15, -0.1) is 22.7 Å². The number of rotatable bonds is 4. The fourth-order valence-corrected chi connectivity index (χ4v) is 4.98. The van der Waals surface area contributed by atoms with Crippen LogP contribution in [0.2, 0.25) is 0 Å². The largest absolute Gasteiger partial charge is 0.274 e. The van der Waals surface area contributed by atoms with Crippen molar-refractivity contribution in [2.75, 3.05) is 4.90 Å². The lowest BCUT2D eigenvalue weighted by molar-refractivity contribution is -0.115. The third-order valence-electron chi connectivity index (χ3n) is 4.61. The maximum Gasteiger partial charge on any atom is 0.230 e. The van der Waals surface area contributed by atoms with E-state index >= 15 is 0 Å². The summed E-state index contributed by atoms with van der Waals surface area (Å²) in [7, 11) is 0. The van der Waals surface area contributed by atoms with Gasteiger partial charge in [-0.05, 0) is 49.2 Å². The van der Waals surface area contributed by atoms with Crippen molar-refractivity contribution < 1.29 is 4.79 Å². The molecule has 4 aromatic rings. The minimum absolute atomic E-state index is 0.0825. The van der Waals surface area contributed by atoms with E-state index in [0.717, 1.165) is 32.0 Å². The highest BCUT2D eigenvalue weighted by molar-refractivity contribution is 7.20. The Kier molecular flexibility index (Phi) is 5.50. The molecule has 0 bridgehead atoms. The van der Waals surface area contributed by atoms with E-state index < -0.39 is 0 Å². The molecule has 0 atom stereocenters. The van der Waals surface area contributed by atoms with E-state index in [1.807, 2.05) is 61.7 Å². The Bertz CT molecular complexity index is 1210. The summed E-state index contributed by atoms with van der Waals surface area (Å²) in [5, 5.41) is 3.79. The van der Waals surface area contributed by atoms with Crippen molar-refractivity contribution >= 4 is 72.3 Å². The molecule has 0 N–H and O–H groups in total. The summed E-state index contributed by atoms with van der Waals surface area (Å²) in [6.07, 6.45) is 1.79. The zero-order valence-corrected chi connectivity index (χ0v) is 18.5. The average Bonchev–Trinajstić information content (AvgIpc) is 3.32. The number of nitrogens with zero attached hydrogens (tertiary/aromatic N) is 3. The monoisotopic (exact) mass is 439 g/mol. The van der Waals surface area contributed by atoms with Gasteiger partial charge >= 0.3 is 0 Å². The maximum atomic E-state index is 12.4. The SMILES string of the molecule is CC(=O)N(c1nc(/C=C(\Cl)c2nc3ccccc3s2)cs1)c1cccc(C)c1C. The molecule has 29 heavy (non-hydrogen) atoms. The smallest absolute Gasteiger partial charge is 0.230 e. The summed E-state index contributed by atoms with van der Waals surface area (Å²) < 4.78 is 1.09. The topological polar surface area (TPSA) is 46.1 Å². The summed E-state index contributed by atoms with van der Waals surface area (Å²) in [6.45, 7) is 5.59. The lowest BCUT2D eigenvalue weighted by Crippen LogP contribution is -2.23. The molecule has 4 nitrogen and oxygen atoms in total. The Morgan fingerprint density at radius 2 is 1.90 bits per heavy atom. The number of anilines is 2. The third-order valence-corrected chi connectivity index (χ3v) is 6.92. The summed E-state index contributed by atoms with van der Waals surface area (Å²) in [5.41, 5.74) is 4.66. The van der Waals surface area contributed by atoms with Gasteiger partial charge in [-0.2, -0.15) is 0 Å². The lowest BCUT2D eigenvalue weighted by Gasteiger charge is -2.21. The van der Waals surface area contributed by atoms with Crippen LogP contribution >= 0.6 is 34.3 Å². The zero-order valence-electron chi connectivity index (χ0n) is 16.1. The predicted molar refractivity (Wildman–Crippen MR) is 124 cm³/mol. The number of aromatic nitrogens is 2. The Hall–Kier alpha value is -2.54. The minimum atomic E-state index is -0.0825. The van der Waals surface area contributed by atoms with Crippen LogP contribution in [-0.2, 0) is 4.79 Å². The van der Waals surface area contributed by atoms with Gasteiger partial charge in [0.1, 0.15) is 5.01 Å². The number of benzene rings is 2. The molecule has 0 saturated carbocycles. The number of hydrogen-bond acceptors (Lipinski definition) is 5. The van der Waals surface area contributed by atoms with Crippen LogP contribution in [-0.4, -0.2) is 15.9 Å². The summed E-state index contributed by atoms with van der Waals surface area (Å²) in [5.74, 6) is -0.0825. The number of aryl methyl sites for hydroxylation is 1. The van der Waals surface area contributed by atoms with Gasteiger partial charge in [0.15, 0.2) is 5.13 Å². The van der Waals surface area contributed by atoms with E-state index in [4.69, 9.17) is 11.6 Å². The van der Waals surface area contributed by atoms with Gasteiger partial charge in [0.25, 0.3) is 0 Å². The van der Waals surface area contributed by atoms with Gasteiger partial charge in [0.05, 0.1) is 26.6 Å². The van der Waals surface area contributed by atoms with Crippen molar-refractivity contribution in [1.82, 2.24) is 9.97 Å². The number of carbonyl (C=O) groups excluding carboxylic acids is 1. The van der Waals surface area contributed by atoms with Gasteiger partial charge in [-0.3, -0.25) is 9.69 Å². The van der Waals surface area contributed by atoms with E-state index in [1.165, 1.54) is 11.3 Å². The molecular formula is C22H18ClN3OS2. The number of carbonyl (C=O) groups is 1. The summed E-state index contributed by atoms with van der Waals surface area (Å²) >= 11 is 9.47. The van der Waals surface area contributed by atoms with Crippen molar-refractivity contribution in [2.24, 2.45) is 0 Å². The first-order valence-corrected chi connectivity index (χ1v) is 11.1. The lowest BCUT2D eigenvalue weighted by atomic mass is 10.1. The molecule has 2 aromatic heterocycles. The number of fused-ring (bicyclic) bond motifs is 1. The highest BCUT2D eigenvalue weighted by Crippen LogP contribution is 2.34. The molecule has 2 heterocycles. The van der Waals surface area contributed by atoms with Gasteiger partial charge in [0, 0.05) is 12.3 Å². The standard InChI is InChI=1S/C22H18ClN3OS2/c1-13-7-6-9-19(14(13)2)26(15(3)27)22-24-16(12-28-22)11-17(23)21-25-18-8-4-5-10-20(18)29-21/h4-12H,1-3H3/b17-11-. The first kappa shape index (κ1) is 19.8. The highest BCUT2D eigenvalue weighted by atomic mass is 35.5. The minimum Gasteiger partial charge on any atom is -0.274 e. The summed E-state index contributed by atoms with van der Waals surface area (Å²) in [6, 6.07) is 13.9. The Morgan fingerprint density at radius 3 is 2.66 bits per heavy atom. The van der Waals surface area contributed by atoms with E-state index in [2.05, 4.69) is 9.97 Å². The molecule has 1 amide bonds. The molecule has 0 aliphatic carbocycles. The number of amides is 1. The average molecular weight is 440 g/mol. The molecule has 0 aliphatic heterocycles. The second kappa shape index (κ2) is 8.06. The maximum absolute atomic E-state index is 12.4. The molecule has 0 aliphatic rings. The normalized spacial score (nSPS) is 11.8. The van der Waals surface area contributed by atoms with Crippen molar-refractivity contribution in [3.05, 3.63) is 69.7 Å². The third kappa shape index (κ3) is 3.96. The molecule has 2 aromatic carbocycles. The molecule has 0 unspecified atom stereocenters. The first-order valence-electron chi connectivity index (χ1n) is 8.99. The number of halogens is 1. The van der Waals surface area contributed by atoms with Crippen LogP contribution in [0.5, 0.6) is 0 Å². The Balaban J connectivity index is 1.68. The molecular weight excluding hydrogens is 422 g/mol. The van der Waals surface area contributed by atoms with Crippen molar-refractivity contribution in [1.29, 1.82) is 0 Å². The van der Waals surface area contributed by atoms with Gasteiger partial charge < -0.3 is 0 Å². The van der Waals surface area contributed by atoms with E-state index in [-0.39, 0.29) is 5.91 Å². The van der Waals surface area contributed by atoms with Crippen LogP contribution in [0.25, 0.3) is 21.3 Å². The van der Waals surface area contributed by atoms with Gasteiger partial charge in [0.2, 0.25) is 5.91 Å². The first-order chi connectivity index (χ1) is 13.9. The fourth-order valence-electron chi connectivity index (χ4n) is 3.00. The number of thiazole rings is 2. The second-order valence-electron chi connectivity index (χ2n) is 6.61. The van der Waals surface area contributed by atoms with Crippen LogP contribution < -0.4 is 4.90 Å². The van der Waals surface area contributed by atoms with Crippen molar-refractivity contribution in [3.63, 3.8) is 0 Å². The van der Waals surface area contributed by atoms with E-state index in [9.17, 15) is 4.79 Å². The van der Waals surface area contributed by atoms with Gasteiger partial charge in [-0.1, -0.05) is 35.9 Å². The van der Waals surface area contributed by atoms with Crippen molar-refractivity contribution in [3.8, 4) is 0 Å². The van der Waals surface area contributed by atoms with Gasteiger partial charge in [-0.25, -0.2) is 9.97 Å². The molecule has 0 saturated heterocycles. The van der Waals surface area contributed by atoms with Crippen LogP contribution in [0.4, 0.5) is 10.8 Å². The van der Waals surface area contributed by atoms with Crippen LogP contribution in [0.15, 0.2) is 47.8 Å². The second-order valence-corrected chi connectivity index (χ2v) is 8.88. The molecule has 4 rings (SSSR count). The van der Waals surface area contributed by atoms with E-state index in [0.29, 0.717) is 15.9 Å². The molecule has 0 fully saturated rings. The van der Waals surface area contributed by atoms with E-state index in [1.54, 1.807) is 29.2 Å². The molecule has 146 valence electrons. The fraction of sp³-hybridized carbons (Fsp3) is 0.136. The van der Waals surface area contributed by atoms with Crippen molar-refractivity contribution in [2.45, 2.75) is 20.8 Å². The molecule has 0 spiro atoms. The zero-order chi connectivity index (χ0) is 20.5. The van der Waals surface area contributed by atoms with Crippen LogP contribution in [0.3, 0.4) is 0 Å². The Labute approximate surface area is 182 Å². The Morgan fingerprint density at radius 1 is 1.10 bits per heavy atom. The highest BCUT2D eigenvalue weighted by Gasteiger charge is 2.20. The predicted octanol–water partition coefficient (Wildman–Crippen LogP) is 6.79. The quantitative estimate of drug-likeness (QED) is 0.351. The molecule has 0 radical (unpaired) electrons. The molecule has 7 heteroatoms. The number of hydrogen-bond donors (Lipinski definition) is 0.